The largest absolute Gasteiger partial charge is 0.209 e. The van der Waals surface area contributed by atoms with Gasteiger partial charge in [-0.05, 0) is 34.6 Å². The molecule has 0 radical (unpaired) electrons. The first-order valence-electron chi connectivity index (χ1n) is 3.91. The van der Waals surface area contributed by atoms with Crippen LogP contribution in [0.5, 0.6) is 0 Å². The fourth-order valence-corrected chi connectivity index (χ4v) is 2.37. The molecule has 1 atom stereocenters. The predicted octanol–water partition coefficient (Wildman–Crippen LogP) is 3.69. The Bertz CT molecular complexity index is 175. The molecule has 0 bridgehead atoms. The average molecular weight is 187 g/mol. The zero-order chi connectivity index (χ0) is 8.10. The lowest BCUT2D eigenvalue weighted by atomic mass is 10.0. The van der Waals surface area contributed by atoms with Crippen LogP contribution in [0.15, 0.2) is 15.9 Å². The van der Waals surface area contributed by atoms with Gasteiger partial charge in [-0.15, -0.1) is 0 Å². The van der Waals surface area contributed by atoms with Crippen LogP contribution in [0.4, 0.5) is 0 Å². The van der Waals surface area contributed by atoms with E-state index in [2.05, 4.69) is 29.7 Å². The maximum atomic E-state index is 4.36. The molecule has 0 saturated carbocycles. The lowest BCUT2D eigenvalue weighted by Gasteiger charge is -2.11. The van der Waals surface area contributed by atoms with Crippen molar-refractivity contribution in [1.29, 1.82) is 0 Å². The van der Waals surface area contributed by atoms with Crippen LogP contribution in [0.2, 0.25) is 0 Å². The van der Waals surface area contributed by atoms with Gasteiger partial charge in [-0.25, -0.2) is 4.40 Å². The third kappa shape index (κ3) is 2.91. The zero-order valence-electron chi connectivity index (χ0n) is 6.91. The average Bonchev–Trinajstić information content (AvgIpc) is 2.07. The van der Waals surface area contributed by atoms with Gasteiger partial charge in [0.2, 0.25) is 0 Å². The molecule has 1 unspecified atom stereocenters. The minimum absolute atomic E-state index is 0.629. The van der Waals surface area contributed by atoms with Crippen LogP contribution in [-0.2, 0) is 0 Å². The fourth-order valence-electron chi connectivity index (χ4n) is 1.05. The van der Waals surface area contributed by atoms with Crippen LogP contribution in [0, 0.1) is 5.92 Å². The summed E-state index contributed by atoms with van der Waals surface area (Å²) in [4.78, 5) is 0. The third-order valence-corrected chi connectivity index (χ3v) is 3.14. The Morgan fingerprint density at radius 3 is 3.00 bits per heavy atom. The van der Waals surface area contributed by atoms with Crippen LogP contribution in [0.1, 0.15) is 26.7 Å². The first-order valence-corrected chi connectivity index (χ1v) is 6.08. The van der Waals surface area contributed by atoms with E-state index < -0.39 is 0 Å². The lowest BCUT2D eigenvalue weighted by molar-refractivity contribution is 0.670. The van der Waals surface area contributed by atoms with Crippen LogP contribution >= 0.6 is 21.8 Å². The minimum Gasteiger partial charge on any atom is -0.209 e. The minimum atomic E-state index is 0.629. The molecular formula is C8H13NS2. The Morgan fingerprint density at radius 1 is 1.64 bits per heavy atom. The summed E-state index contributed by atoms with van der Waals surface area (Å²) in [5.74, 6) is 0.629. The number of rotatable bonds is 3. The molecular weight excluding hydrogens is 174 g/mol. The summed E-state index contributed by atoms with van der Waals surface area (Å²) in [6, 6.07) is 0. The van der Waals surface area contributed by atoms with E-state index in [0.29, 0.717) is 5.92 Å². The summed E-state index contributed by atoms with van der Waals surface area (Å²) in [5, 5.41) is 2.11. The van der Waals surface area contributed by atoms with Crippen molar-refractivity contribution in [2.24, 2.45) is 10.3 Å². The monoisotopic (exact) mass is 187 g/mol. The molecule has 0 aromatic rings. The van der Waals surface area contributed by atoms with Crippen molar-refractivity contribution in [3.8, 4) is 0 Å². The topological polar surface area (TPSA) is 12.4 Å². The van der Waals surface area contributed by atoms with Crippen LogP contribution in [0.25, 0.3) is 0 Å². The number of hydrogen-bond acceptors (Lipinski definition) is 3. The molecule has 1 aliphatic rings. The first kappa shape index (κ1) is 9.20. The van der Waals surface area contributed by atoms with Gasteiger partial charge in [-0.2, -0.15) is 0 Å². The SMILES string of the molecule is CCCC(C)C1=NSSC=C1. The molecule has 0 fully saturated rings. The van der Waals surface area contributed by atoms with E-state index >= 15 is 0 Å². The second-order valence-corrected chi connectivity index (χ2v) is 4.50. The molecule has 0 aliphatic carbocycles. The molecule has 3 heteroatoms. The van der Waals surface area contributed by atoms with E-state index in [9.17, 15) is 0 Å². The van der Waals surface area contributed by atoms with Gasteiger partial charge in [0, 0.05) is 11.0 Å². The van der Waals surface area contributed by atoms with E-state index in [1.54, 1.807) is 21.8 Å². The molecule has 0 spiro atoms. The van der Waals surface area contributed by atoms with Crippen molar-refractivity contribution in [3.05, 3.63) is 11.5 Å². The molecule has 1 aliphatic heterocycles. The Morgan fingerprint density at radius 2 is 2.45 bits per heavy atom. The van der Waals surface area contributed by atoms with Gasteiger partial charge in [0.15, 0.2) is 0 Å². The van der Waals surface area contributed by atoms with Gasteiger partial charge >= 0.3 is 0 Å². The summed E-state index contributed by atoms with van der Waals surface area (Å²) in [5.41, 5.74) is 1.25. The summed E-state index contributed by atoms with van der Waals surface area (Å²) < 4.78 is 4.36. The van der Waals surface area contributed by atoms with Gasteiger partial charge < -0.3 is 0 Å². The van der Waals surface area contributed by atoms with Gasteiger partial charge in [0.25, 0.3) is 0 Å². The molecule has 1 nitrogen and oxygen atoms in total. The third-order valence-electron chi connectivity index (χ3n) is 1.71. The van der Waals surface area contributed by atoms with Gasteiger partial charge in [0.05, 0.1) is 5.71 Å². The molecule has 1 heterocycles. The number of allylic oxidation sites excluding steroid dienone is 1. The lowest BCUT2D eigenvalue weighted by Crippen LogP contribution is -2.07. The van der Waals surface area contributed by atoms with Crippen LogP contribution in [0.3, 0.4) is 0 Å². The van der Waals surface area contributed by atoms with Crippen molar-refractivity contribution in [3.63, 3.8) is 0 Å². The van der Waals surface area contributed by atoms with Gasteiger partial charge in [0.1, 0.15) is 0 Å². The zero-order valence-corrected chi connectivity index (χ0v) is 8.54. The van der Waals surface area contributed by atoms with E-state index in [4.69, 9.17) is 0 Å². The van der Waals surface area contributed by atoms with E-state index in [-0.39, 0.29) is 0 Å². The highest BCUT2D eigenvalue weighted by atomic mass is 33.1. The molecule has 0 N–H and O–H groups in total. The van der Waals surface area contributed by atoms with E-state index in [0.717, 1.165) is 0 Å². The highest BCUT2D eigenvalue weighted by molar-refractivity contribution is 8.77. The first-order chi connectivity index (χ1) is 5.34. The fraction of sp³-hybridized carbons (Fsp3) is 0.625. The van der Waals surface area contributed by atoms with Gasteiger partial charge in [-0.1, -0.05) is 20.3 Å². The number of hydrogen-bond donors (Lipinski definition) is 0. The molecule has 0 aromatic heterocycles. The van der Waals surface area contributed by atoms with Crippen LogP contribution in [-0.4, -0.2) is 5.71 Å². The van der Waals surface area contributed by atoms with Crippen molar-refractivity contribution >= 4 is 27.5 Å². The van der Waals surface area contributed by atoms with E-state index in [1.807, 2.05) is 0 Å². The molecule has 0 saturated heterocycles. The van der Waals surface area contributed by atoms with Crippen molar-refractivity contribution in [2.45, 2.75) is 26.7 Å². The predicted molar refractivity (Wildman–Crippen MR) is 55.8 cm³/mol. The quantitative estimate of drug-likeness (QED) is 0.493. The Hall–Kier alpha value is 0.110. The number of nitrogens with zero attached hydrogens (tertiary/aromatic N) is 1. The smallest absolute Gasteiger partial charge is 0.0530 e. The summed E-state index contributed by atoms with van der Waals surface area (Å²) in [6.45, 7) is 4.45. The highest BCUT2D eigenvalue weighted by Gasteiger charge is 2.08. The summed E-state index contributed by atoms with van der Waals surface area (Å²) in [7, 11) is 3.26. The molecule has 1 rings (SSSR count). The maximum Gasteiger partial charge on any atom is 0.0530 e. The maximum absolute atomic E-state index is 4.36. The summed E-state index contributed by atoms with van der Waals surface area (Å²) >= 11 is 0. The highest BCUT2D eigenvalue weighted by Crippen LogP contribution is 2.29. The standard InChI is InChI=1S/C8H13NS2/c1-3-4-7(2)8-5-6-10-11-9-8/h5-7H,3-4H2,1-2H3. The Kier molecular flexibility index (Phi) is 4.08. The molecule has 0 aromatic carbocycles. The van der Waals surface area contributed by atoms with E-state index in [1.165, 1.54) is 18.6 Å². The van der Waals surface area contributed by atoms with Crippen molar-refractivity contribution < 1.29 is 0 Å². The van der Waals surface area contributed by atoms with Gasteiger partial charge in [-0.3, -0.25) is 0 Å². The van der Waals surface area contributed by atoms with Crippen molar-refractivity contribution in [1.82, 2.24) is 0 Å². The Labute approximate surface area is 76.3 Å². The Balaban J connectivity index is 2.45. The normalized spacial score (nSPS) is 19.6. The van der Waals surface area contributed by atoms with Crippen molar-refractivity contribution in [2.75, 3.05) is 0 Å². The summed E-state index contributed by atoms with van der Waals surface area (Å²) in [6.07, 6.45) is 4.61. The van der Waals surface area contributed by atoms with Crippen LogP contribution < -0.4 is 0 Å². The molecule has 11 heavy (non-hydrogen) atoms. The molecule has 0 amide bonds. The molecule has 62 valence electrons. The second-order valence-electron chi connectivity index (χ2n) is 2.68. The second kappa shape index (κ2) is 4.88.